The Labute approximate surface area is 96.2 Å². The Morgan fingerprint density at radius 3 is 2.69 bits per heavy atom. The summed E-state index contributed by atoms with van der Waals surface area (Å²) >= 11 is 0. The van der Waals surface area contributed by atoms with E-state index in [9.17, 15) is 0 Å². The van der Waals surface area contributed by atoms with Crippen LogP contribution in [0.2, 0.25) is 0 Å². The largest absolute Gasteiger partial charge is 0.500 e. The van der Waals surface area contributed by atoms with Crippen LogP contribution >= 0.6 is 0 Å². The molecule has 1 aliphatic carbocycles. The van der Waals surface area contributed by atoms with E-state index in [1.165, 1.54) is 5.56 Å². The van der Waals surface area contributed by atoms with E-state index in [1.54, 1.807) is 14.2 Å². The molecule has 1 atom stereocenters. The number of rotatable bonds is 3. The molecule has 0 aliphatic heterocycles. The molecule has 0 fully saturated rings. The van der Waals surface area contributed by atoms with Gasteiger partial charge in [-0.05, 0) is 18.6 Å². The minimum absolute atomic E-state index is 0.270. The lowest BCUT2D eigenvalue weighted by molar-refractivity contribution is 0.261. The molecule has 1 aromatic carbocycles. The molecule has 0 radical (unpaired) electrons. The Morgan fingerprint density at radius 1 is 1.12 bits per heavy atom. The molecule has 16 heavy (non-hydrogen) atoms. The van der Waals surface area contributed by atoms with E-state index < -0.39 is 0 Å². The third-order valence-corrected chi connectivity index (χ3v) is 2.86. The number of hydrogen-bond acceptors (Lipinski definition) is 2. The maximum absolute atomic E-state index is 5.41. The molecule has 0 heterocycles. The van der Waals surface area contributed by atoms with Gasteiger partial charge in [0.15, 0.2) is 0 Å². The van der Waals surface area contributed by atoms with Crippen LogP contribution in [-0.4, -0.2) is 14.2 Å². The smallest absolute Gasteiger partial charge is 0.122 e. The third kappa shape index (κ3) is 1.96. The highest BCUT2D eigenvalue weighted by molar-refractivity contribution is 5.41. The Kier molecular flexibility index (Phi) is 3.30. The maximum atomic E-state index is 5.41. The Morgan fingerprint density at radius 2 is 1.94 bits per heavy atom. The topological polar surface area (TPSA) is 18.5 Å². The monoisotopic (exact) mass is 216 g/mol. The van der Waals surface area contributed by atoms with Gasteiger partial charge in [0.05, 0.1) is 14.2 Å². The molecule has 2 heteroatoms. The Bertz CT molecular complexity index is 418. The van der Waals surface area contributed by atoms with Crippen molar-refractivity contribution in [1.82, 2.24) is 0 Å². The van der Waals surface area contributed by atoms with Gasteiger partial charge in [0.2, 0.25) is 0 Å². The zero-order valence-corrected chi connectivity index (χ0v) is 9.64. The molecule has 1 aromatic rings. The molecular formula is C14H16O2. The molecule has 0 saturated heterocycles. The van der Waals surface area contributed by atoms with E-state index in [2.05, 4.69) is 12.1 Å². The van der Waals surface area contributed by atoms with E-state index in [1.807, 2.05) is 30.4 Å². The standard InChI is InChI=1S/C14H16O2/c1-15-13-9-5-3-7-11(13)12-8-4-6-10-14(12)16-2/h3-7,9-10,12H,8H2,1-2H3/t12-/m1/s1. The van der Waals surface area contributed by atoms with Crippen LogP contribution in [0.25, 0.3) is 0 Å². The maximum Gasteiger partial charge on any atom is 0.122 e. The van der Waals surface area contributed by atoms with E-state index >= 15 is 0 Å². The van der Waals surface area contributed by atoms with Gasteiger partial charge in [-0.3, -0.25) is 0 Å². The average molecular weight is 216 g/mol. The van der Waals surface area contributed by atoms with Crippen LogP contribution in [0.5, 0.6) is 5.75 Å². The molecule has 2 nitrogen and oxygen atoms in total. The van der Waals surface area contributed by atoms with Gasteiger partial charge in [-0.25, -0.2) is 0 Å². The van der Waals surface area contributed by atoms with E-state index in [0.717, 1.165) is 17.9 Å². The van der Waals surface area contributed by atoms with Gasteiger partial charge >= 0.3 is 0 Å². The van der Waals surface area contributed by atoms with Crippen molar-refractivity contribution in [2.45, 2.75) is 12.3 Å². The molecule has 1 aliphatic rings. The molecule has 2 rings (SSSR count). The first-order valence-electron chi connectivity index (χ1n) is 5.40. The lowest BCUT2D eigenvalue weighted by Crippen LogP contribution is -2.07. The summed E-state index contributed by atoms with van der Waals surface area (Å²) in [6.07, 6.45) is 7.16. The lowest BCUT2D eigenvalue weighted by atomic mass is 9.90. The van der Waals surface area contributed by atoms with Crippen LogP contribution in [0.1, 0.15) is 17.9 Å². The normalized spacial score (nSPS) is 19.1. The minimum Gasteiger partial charge on any atom is -0.500 e. The molecule has 0 aromatic heterocycles. The molecule has 0 unspecified atom stereocenters. The van der Waals surface area contributed by atoms with E-state index in [-0.39, 0.29) is 5.92 Å². The predicted octanol–water partition coefficient (Wildman–Crippen LogP) is 3.27. The second-order valence-corrected chi connectivity index (χ2v) is 3.73. The fourth-order valence-electron chi connectivity index (χ4n) is 2.05. The van der Waals surface area contributed by atoms with Gasteiger partial charge in [0, 0.05) is 11.5 Å². The highest BCUT2D eigenvalue weighted by atomic mass is 16.5. The van der Waals surface area contributed by atoms with E-state index in [0.29, 0.717) is 0 Å². The van der Waals surface area contributed by atoms with Crippen LogP contribution in [0.3, 0.4) is 0 Å². The predicted molar refractivity (Wildman–Crippen MR) is 64.6 cm³/mol. The molecule has 0 bridgehead atoms. The molecule has 0 amide bonds. The van der Waals surface area contributed by atoms with Crippen molar-refractivity contribution >= 4 is 0 Å². The second kappa shape index (κ2) is 4.88. The molecule has 0 N–H and O–H groups in total. The van der Waals surface area contributed by atoms with Gasteiger partial charge < -0.3 is 9.47 Å². The Balaban J connectivity index is 2.36. The molecule has 84 valence electrons. The fraction of sp³-hybridized carbons (Fsp3) is 0.286. The van der Waals surface area contributed by atoms with Gasteiger partial charge in [-0.1, -0.05) is 30.4 Å². The zero-order valence-electron chi connectivity index (χ0n) is 9.64. The molecular weight excluding hydrogens is 200 g/mol. The summed E-state index contributed by atoms with van der Waals surface area (Å²) in [4.78, 5) is 0. The number of benzene rings is 1. The number of hydrogen-bond donors (Lipinski definition) is 0. The van der Waals surface area contributed by atoms with Crippen LogP contribution in [0.15, 0.2) is 48.3 Å². The van der Waals surface area contributed by atoms with Crippen molar-refractivity contribution in [3.8, 4) is 5.75 Å². The first-order valence-corrected chi connectivity index (χ1v) is 5.40. The van der Waals surface area contributed by atoms with E-state index in [4.69, 9.17) is 9.47 Å². The summed E-state index contributed by atoms with van der Waals surface area (Å²) in [5, 5.41) is 0. The summed E-state index contributed by atoms with van der Waals surface area (Å²) in [6, 6.07) is 8.09. The SMILES string of the molecule is COC1=CC=CC[C@@H]1c1ccccc1OC. The van der Waals surface area contributed by atoms with Gasteiger partial charge in [0.1, 0.15) is 11.5 Å². The highest BCUT2D eigenvalue weighted by Crippen LogP contribution is 2.36. The number of methoxy groups -OCH3 is 2. The first-order chi connectivity index (χ1) is 7.86. The van der Waals surface area contributed by atoms with Crippen molar-refractivity contribution in [1.29, 1.82) is 0 Å². The van der Waals surface area contributed by atoms with Crippen LogP contribution in [0.4, 0.5) is 0 Å². The van der Waals surface area contributed by atoms with Gasteiger partial charge in [0.25, 0.3) is 0 Å². The van der Waals surface area contributed by atoms with Crippen LogP contribution < -0.4 is 4.74 Å². The lowest BCUT2D eigenvalue weighted by Gasteiger charge is -2.22. The van der Waals surface area contributed by atoms with Crippen molar-refractivity contribution in [3.63, 3.8) is 0 Å². The molecule has 0 saturated carbocycles. The number of ether oxygens (including phenoxy) is 2. The summed E-state index contributed by atoms with van der Waals surface area (Å²) in [6.45, 7) is 0. The van der Waals surface area contributed by atoms with Crippen molar-refractivity contribution in [2.75, 3.05) is 14.2 Å². The zero-order chi connectivity index (χ0) is 11.4. The quantitative estimate of drug-likeness (QED) is 0.772. The summed E-state index contributed by atoms with van der Waals surface area (Å²) in [5.41, 5.74) is 1.18. The highest BCUT2D eigenvalue weighted by Gasteiger charge is 2.21. The third-order valence-electron chi connectivity index (χ3n) is 2.86. The Hall–Kier alpha value is -1.70. The summed E-state index contributed by atoms with van der Waals surface area (Å²) in [5.74, 6) is 2.18. The minimum atomic E-state index is 0.270. The van der Waals surface area contributed by atoms with Crippen LogP contribution in [0, 0.1) is 0 Å². The first kappa shape index (κ1) is 10.8. The average Bonchev–Trinajstić information content (AvgIpc) is 2.38. The summed E-state index contributed by atoms with van der Waals surface area (Å²) < 4.78 is 10.8. The number of para-hydroxylation sites is 1. The van der Waals surface area contributed by atoms with Crippen LogP contribution in [-0.2, 0) is 4.74 Å². The van der Waals surface area contributed by atoms with Crippen molar-refractivity contribution in [2.24, 2.45) is 0 Å². The summed E-state index contributed by atoms with van der Waals surface area (Å²) in [7, 11) is 3.42. The van der Waals surface area contributed by atoms with Gasteiger partial charge in [-0.15, -0.1) is 0 Å². The van der Waals surface area contributed by atoms with Crippen molar-refractivity contribution < 1.29 is 9.47 Å². The fourth-order valence-corrected chi connectivity index (χ4v) is 2.05. The van der Waals surface area contributed by atoms with Gasteiger partial charge in [-0.2, -0.15) is 0 Å². The number of allylic oxidation sites excluding steroid dienone is 4. The molecule has 0 spiro atoms. The second-order valence-electron chi connectivity index (χ2n) is 3.73. The van der Waals surface area contributed by atoms with Crippen molar-refractivity contribution in [3.05, 3.63) is 53.8 Å².